The molecule has 7 heteroatoms. The molecular formula is C19H13ClFN3OS. The summed E-state index contributed by atoms with van der Waals surface area (Å²) < 4.78 is 18.7. The van der Waals surface area contributed by atoms with E-state index in [4.69, 9.17) is 16.3 Å². The van der Waals surface area contributed by atoms with Crippen molar-refractivity contribution in [3.05, 3.63) is 65.0 Å². The molecule has 0 fully saturated rings. The number of hydrogen-bond donors (Lipinski definition) is 1. The molecule has 0 unspecified atom stereocenters. The number of nitrogens with zero attached hydrogens (tertiary/aromatic N) is 2. The van der Waals surface area contributed by atoms with Crippen molar-refractivity contribution >= 4 is 44.7 Å². The van der Waals surface area contributed by atoms with Crippen LogP contribution >= 0.6 is 22.9 Å². The highest BCUT2D eigenvalue weighted by atomic mass is 35.5. The van der Waals surface area contributed by atoms with Gasteiger partial charge in [-0.2, -0.15) is 0 Å². The summed E-state index contributed by atoms with van der Waals surface area (Å²) in [7, 11) is 1.60. The number of fused-ring (bicyclic) bond motifs is 1. The summed E-state index contributed by atoms with van der Waals surface area (Å²) in [4.78, 5) is 9.57. The summed E-state index contributed by atoms with van der Waals surface area (Å²) in [5.74, 6) is 1.02. The molecule has 0 aliphatic rings. The Kier molecular flexibility index (Phi) is 4.44. The van der Waals surface area contributed by atoms with E-state index < -0.39 is 0 Å². The zero-order chi connectivity index (χ0) is 18.1. The van der Waals surface area contributed by atoms with Crippen molar-refractivity contribution in [1.82, 2.24) is 9.97 Å². The largest absolute Gasteiger partial charge is 0.495 e. The van der Waals surface area contributed by atoms with E-state index in [1.165, 1.54) is 29.8 Å². The van der Waals surface area contributed by atoms with Crippen LogP contribution in [0.2, 0.25) is 5.02 Å². The fourth-order valence-electron chi connectivity index (χ4n) is 2.72. The number of hydrogen-bond acceptors (Lipinski definition) is 5. The van der Waals surface area contributed by atoms with Crippen LogP contribution in [0.25, 0.3) is 21.3 Å². The van der Waals surface area contributed by atoms with Crippen LogP contribution in [0.3, 0.4) is 0 Å². The molecule has 4 rings (SSSR count). The van der Waals surface area contributed by atoms with E-state index >= 15 is 0 Å². The summed E-state index contributed by atoms with van der Waals surface area (Å²) in [6, 6.07) is 11.7. The molecule has 0 aliphatic heterocycles. The number of rotatable bonds is 4. The maximum absolute atomic E-state index is 13.3. The number of halogens is 2. The molecule has 0 spiro atoms. The second kappa shape index (κ2) is 6.90. The highest BCUT2D eigenvalue weighted by Crippen LogP contribution is 2.39. The maximum atomic E-state index is 13.3. The van der Waals surface area contributed by atoms with Crippen LogP contribution in [0.15, 0.2) is 54.2 Å². The van der Waals surface area contributed by atoms with E-state index in [0.717, 1.165) is 21.3 Å². The van der Waals surface area contributed by atoms with E-state index in [-0.39, 0.29) is 5.82 Å². The Bertz CT molecular complexity index is 1080. The van der Waals surface area contributed by atoms with Crippen LogP contribution in [0.1, 0.15) is 0 Å². The summed E-state index contributed by atoms with van der Waals surface area (Å²) >= 11 is 7.63. The monoisotopic (exact) mass is 385 g/mol. The van der Waals surface area contributed by atoms with Crippen molar-refractivity contribution in [2.75, 3.05) is 12.4 Å². The van der Waals surface area contributed by atoms with Gasteiger partial charge >= 0.3 is 0 Å². The Morgan fingerprint density at radius 2 is 1.92 bits per heavy atom. The second-order valence-corrected chi connectivity index (χ2v) is 6.82. The Balaban J connectivity index is 1.85. The van der Waals surface area contributed by atoms with Crippen LogP contribution in [0.5, 0.6) is 5.75 Å². The summed E-state index contributed by atoms with van der Waals surface area (Å²) in [6.07, 6.45) is 1.51. The molecule has 0 aliphatic carbocycles. The molecule has 2 aromatic carbocycles. The summed E-state index contributed by atoms with van der Waals surface area (Å²) in [5, 5.41) is 6.73. The number of aromatic nitrogens is 2. The highest BCUT2D eigenvalue weighted by molar-refractivity contribution is 7.17. The first kappa shape index (κ1) is 16.8. The SMILES string of the molecule is COc1ccc(Cl)cc1Nc1ncnc2scc(-c3ccc(F)cc3)c12. The Hall–Kier alpha value is -2.70. The normalized spacial score (nSPS) is 10.9. The molecule has 26 heavy (non-hydrogen) atoms. The first-order valence-corrected chi connectivity index (χ1v) is 9.00. The first-order valence-electron chi connectivity index (χ1n) is 7.74. The lowest BCUT2D eigenvalue weighted by molar-refractivity contribution is 0.417. The van der Waals surface area contributed by atoms with Crippen molar-refractivity contribution < 1.29 is 9.13 Å². The van der Waals surface area contributed by atoms with Crippen molar-refractivity contribution in [1.29, 1.82) is 0 Å². The molecular weight excluding hydrogens is 373 g/mol. The standard InChI is InChI=1S/C19H13ClFN3OS/c1-25-16-7-4-12(20)8-15(16)24-18-17-14(9-26-19(17)23-10-22-18)11-2-5-13(21)6-3-11/h2-10H,1H3,(H,22,23,24). The number of nitrogens with one attached hydrogen (secondary N) is 1. The van der Waals surface area contributed by atoms with Crippen LogP contribution in [-0.2, 0) is 0 Å². The predicted octanol–water partition coefficient (Wildman–Crippen LogP) is 5.90. The van der Waals surface area contributed by atoms with E-state index in [0.29, 0.717) is 22.3 Å². The molecule has 0 atom stereocenters. The molecule has 2 heterocycles. The van der Waals surface area contributed by atoms with E-state index in [1.807, 2.05) is 5.38 Å². The van der Waals surface area contributed by atoms with Gasteiger partial charge in [0.15, 0.2) is 0 Å². The fourth-order valence-corrected chi connectivity index (χ4v) is 3.81. The highest BCUT2D eigenvalue weighted by Gasteiger charge is 2.15. The fraction of sp³-hybridized carbons (Fsp3) is 0.0526. The van der Waals surface area contributed by atoms with Gasteiger partial charge in [-0.05, 0) is 35.9 Å². The molecule has 130 valence electrons. The minimum Gasteiger partial charge on any atom is -0.495 e. The quantitative estimate of drug-likeness (QED) is 0.475. The van der Waals surface area contributed by atoms with Gasteiger partial charge in [-0.1, -0.05) is 23.7 Å². The van der Waals surface area contributed by atoms with Crippen molar-refractivity contribution in [3.8, 4) is 16.9 Å². The zero-order valence-electron chi connectivity index (χ0n) is 13.7. The van der Waals surface area contributed by atoms with Crippen molar-refractivity contribution in [2.45, 2.75) is 0 Å². The van der Waals surface area contributed by atoms with Gasteiger partial charge in [-0.15, -0.1) is 11.3 Å². The minimum absolute atomic E-state index is 0.272. The van der Waals surface area contributed by atoms with Gasteiger partial charge in [0.05, 0.1) is 18.2 Å². The first-order chi connectivity index (χ1) is 12.7. The second-order valence-electron chi connectivity index (χ2n) is 5.53. The maximum Gasteiger partial charge on any atom is 0.143 e. The molecule has 1 N–H and O–H groups in total. The molecule has 0 radical (unpaired) electrons. The molecule has 0 amide bonds. The van der Waals surface area contributed by atoms with Crippen LogP contribution in [0.4, 0.5) is 15.9 Å². The van der Waals surface area contributed by atoms with Crippen molar-refractivity contribution in [2.24, 2.45) is 0 Å². The topological polar surface area (TPSA) is 47.0 Å². The van der Waals surface area contributed by atoms with E-state index in [1.54, 1.807) is 37.4 Å². The predicted molar refractivity (Wildman–Crippen MR) is 104 cm³/mol. The van der Waals surface area contributed by atoms with Crippen LogP contribution < -0.4 is 10.1 Å². The van der Waals surface area contributed by atoms with Crippen LogP contribution in [-0.4, -0.2) is 17.1 Å². The van der Waals surface area contributed by atoms with Gasteiger partial charge in [-0.3, -0.25) is 0 Å². The molecule has 2 aromatic heterocycles. The van der Waals surface area contributed by atoms with Gasteiger partial charge in [0, 0.05) is 16.0 Å². The smallest absolute Gasteiger partial charge is 0.143 e. The number of anilines is 2. The van der Waals surface area contributed by atoms with Gasteiger partial charge in [0.25, 0.3) is 0 Å². The lowest BCUT2D eigenvalue weighted by Gasteiger charge is -2.12. The lowest BCUT2D eigenvalue weighted by atomic mass is 10.1. The van der Waals surface area contributed by atoms with Crippen molar-refractivity contribution in [3.63, 3.8) is 0 Å². The van der Waals surface area contributed by atoms with E-state index in [2.05, 4.69) is 15.3 Å². The third-order valence-corrected chi connectivity index (χ3v) is 5.06. The Labute approximate surface area is 158 Å². The third kappa shape index (κ3) is 3.09. The number of methoxy groups -OCH3 is 1. The Morgan fingerprint density at radius 1 is 1.12 bits per heavy atom. The molecule has 0 saturated heterocycles. The summed E-state index contributed by atoms with van der Waals surface area (Å²) in [6.45, 7) is 0. The average Bonchev–Trinajstić information content (AvgIpc) is 3.08. The molecule has 4 aromatic rings. The lowest BCUT2D eigenvalue weighted by Crippen LogP contribution is -1.98. The molecule has 0 bridgehead atoms. The zero-order valence-corrected chi connectivity index (χ0v) is 15.2. The third-order valence-electron chi connectivity index (χ3n) is 3.94. The minimum atomic E-state index is -0.272. The molecule has 0 saturated carbocycles. The van der Waals surface area contributed by atoms with Gasteiger partial charge in [0.2, 0.25) is 0 Å². The molecule has 4 nitrogen and oxygen atoms in total. The average molecular weight is 386 g/mol. The number of benzene rings is 2. The van der Waals surface area contributed by atoms with Gasteiger partial charge in [0.1, 0.15) is 28.5 Å². The van der Waals surface area contributed by atoms with Gasteiger partial charge in [-0.25, -0.2) is 14.4 Å². The summed E-state index contributed by atoms with van der Waals surface area (Å²) in [5.41, 5.74) is 2.54. The number of ether oxygens (including phenoxy) is 1. The Morgan fingerprint density at radius 3 is 2.69 bits per heavy atom. The number of thiophene rings is 1. The van der Waals surface area contributed by atoms with Crippen LogP contribution in [0, 0.1) is 5.82 Å². The van der Waals surface area contributed by atoms with E-state index in [9.17, 15) is 4.39 Å². The van der Waals surface area contributed by atoms with Gasteiger partial charge < -0.3 is 10.1 Å².